The monoisotopic (exact) mass is 1010 g/mol. The lowest BCUT2D eigenvalue weighted by molar-refractivity contribution is -0.359. The number of unbranched alkanes of at least 4 members (excludes halogenated alkanes) is 28. The van der Waals surface area contributed by atoms with Gasteiger partial charge < -0.3 is 65.1 Å². The average Bonchev–Trinajstić information content (AvgIpc) is 3.37. The number of amides is 1. The maximum absolute atomic E-state index is 13.2. The Hall–Kier alpha value is -1.79. The summed E-state index contributed by atoms with van der Waals surface area (Å²) in [5, 5.41) is 86.9. The van der Waals surface area contributed by atoms with Crippen molar-refractivity contribution in [2.75, 3.05) is 19.8 Å². The average molecular weight is 1010 g/mol. The van der Waals surface area contributed by atoms with Gasteiger partial charge in [0.05, 0.1) is 32.0 Å². The number of hydrogen-bond donors (Lipinski definition) is 9. The molecule has 2 fully saturated rings. The topological polar surface area (TPSA) is 228 Å². The molecule has 0 radical (unpaired) electrons. The smallest absolute Gasteiger partial charge is 0.220 e. The summed E-state index contributed by atoms with van der Waals surface area (Å²) in [6, 6.07) is -0.934. The number of carbonyl (C=O) groups excluding carboxylic acids is 1. The van der Waals surface area contributed by atoms with Crippen LogP contribution in [0.3, 0.4) is 0 Å². The largest absolute Gasteiger partial charge is 0.394 e. The zero-order chi connectivity index (χ0) is 51.7. The van der Waals surface area contributed by atoms with Crippen LogP contribution in [0.5, 0.6) is 0 Å². The quantitative estimate of drug-likeness (QED) is 0.0205. The summed E-state index contributed by atoms with van der Waals surface area (Å²) in [4.78, 5) is 13.2. The molecule has 71 heavy (non-hydrogen) atoms. The van der Waals surface area contributed by atoms with Crippen molar-refractivity contribution >= 4 is 5.91 Å². The fourth-order valence-corrected chi connectivity index (χ4v) is 9.38. The van der Waals surface area contributed by atoms with Crippen LogP contribution in [0.1, 0.15) is 226 Å². The molecule has 2 aliphatic heterocycles. The molecule has 14 heteroatoms. The van der Waals surface area contributed by atoms with Gasteiger partial charge in [0, 0.05) is 6.42 Å². The highest BCUT2D eigenvalue weighted by atomic mass is 16.7. The Balaban J connectivity index is 1.81. The molecule has 2 heterocycles. The summed E-state index contributed by atoms with van der Waals surface area (Å²) in [5.41, 5.74) is 0. The lowest BCUT2D eigenvalue weighted by atomic mass is 9.97. The fraction of sp³-hybridized carbons (Fsp3) is 0.877. The zero-order valence-corrected chi connectivity index (χ0v) is 44.5. The van der Waals surface area contributed by atoms with E-state index in [9.17, 15) is 45.6 Å². The van der Waals surface area contributed by atoms with E-state index in [2.05, 4.69) is 43.5 Å². The van der Waals surface area contributed by atoms with Crippen LogP contribution in [0.25, 0.3) is 0 Å². The molecule has 0 bridgehead atoms. The van der Waals surface area contributed by atoms with Crippen molar-refractivity contribution in [2.24, 2.45) is 0 Å². The molecule has 12 atom stereocenters. The van der Waals surface area contributed by atoms with E-state index in [1.807, 2.05) is 6.08 Å². The Labute approximate surface area is 430 Å². The standard InChI is InChI=1S/C57H105NO13/c1-3-5-7-9-11-13-15-17-19-21-22-23-25-27-29-31-33-35-37-39-41-49(62)58-45(46(61)40-38-36-34-32-30-28-26-24-20-18-16-14-12-10-8-6-4-2)44-68-56-54(67)52(65)55(48(43-60)70-56)71-57-53(66)51(64)50(63)47(42-59)69-57/h20,24,30,32,38,40,45-48,50-57,59-61,63-67H,3-19,21-23,25-29,31,33-37,39,41-44H2,1-2H3,(H,58,62)/b24-20+,32-30+,40-38+. The van der Waals surface area contributed by atoms with Gasteiger partial charge in [0.25, 0.3) is 0 Å². The van der Waals surface area contributed by atoms with Crippen LogP contribution in [0, 0.1) is 0 Å². The Morgan fingerprint density at radius 3 is 1.38 bits per heavy atom. The molecule has 0 aliphatic carbocycles. The lowest BCUT2D eigenvalue weighted by Crippen LogP contribution is -2.65. The van der Waals surface area contributed by atoms with E-state index < -0.39 is 86.8 Å². The Bertz CT molecular complexity index is 1330. The van der Waals surface area contributed by atoms with E-state index in [1.54, 1.807) is 6.08 Å². The highest BCUT2D eigenvalue weighted by molar-refractivity contribution is 5.76. The van der Waals surface area contributed by atoms with Crippen LogP contribution in [0.4, 0.5) is 0 Å². The summed E-state index contributed by atoms with van der Waals surface area (Å²) in [6.07, 6.45) is 34.7. The van der Waals surface area contributed by atoms with E-state index in [0.29, 0.717) is 12.8 Å². The number of ether oxygens (including phenoxy) is 4. The molecule has 12 unspecified atom stereocenters. The summed E-state index contributed by atoms with van der Waals surface area (Å²) in [6.45, 7) is 2.78. The molecule has 1 amide bonds. The molecule has 0 aromatic rings. The van der Waals surface area contributed by atoms with Crippen LogP contribution < -0.4 is 5.32 Å². The van der Waals surface area contributed by atoms with Crippen LogP contribution >= 0.6 is 0 Å². The fourth-order valence-electron chi connectivity index (χ4n) is 9.38. The Kier molecular flexibility index (Phi) is 40.0. The van der Waals surface area contributed by atoms with Gasteiger partial charge in [-0.15, -0.1) is 0 Å². The van der Waals surface area contributed by atoms with Gasteiger partial charge in [-0.05, 0) is 44.9 Å². The highest BCUT2D eigenvalue weighted by Crippen LogP contribution is 2.30. The number of aliphatic hydroxyl groups excluding tert-OH is 8. The first-order valence-electron chi connectivity index (χ1n) is 28.7. The van der Waals surface area contributed by atoms with Crippen LogP contribution in [0.2, 0.25) is 0 Å². The van der Waals surface area contributed by atoms with Gasteiger partial charge in [0.1, 0.15) is 48.8 Å². The second kappa shape index (κ2) is 43.4. The molecule has 14 nitrogen and oxygen atoms in total. The number of carbonyl (C=O) groups is 1. The van der Waals surface area contributed by atoms with Gasteiger partial charge in [0.15, 0.2) is 12.6 Å². The van der Waals surface area contributed by atoms with Crippen molar-refractivity contribution in [3.8, 4) is 0 Å². The van der Waals surface area contributed by atoms with Crippen molar-refractivity contribution in [3.63, 3.8) is 0 Å². The minimum absolute atomic E-state index is 0.251. The third kappa shape index (κ3) is 29.8. The molecule has 2 rings (SSSR count). The SMILES string of the molecule is CCCCCCCCC/C=C/CC/C=C/CC/C=C/C(O)C(COC1OC(CO)C(OC2OC(CO)C(O)C(O)C2O)C(O)C1O)NC(=O)CCCCCCCCCCCCCCCCCCCCCC. The van der Waals surface area contributed by atoms with E-state index in [1.165, 1.54) is 148 Å². The molecule has 2 saturated heterocycles. The minimum atomic E-state index is -1.79. The van der Waals surface area contributed by atoms with Crippen molar-refractivity contribution in [2.45, 2.75) is 299 Å². The van der Waals surface area contributed by atoms with Gasteiger partial charge in [-0.25, -0.2) is 0 Å². The molecule has 0 saturated carbocycles. The van der Waals surface area contributed by atoms with E-state index in [4.69, 9.17) is 18.9 Å². The molecule has 0 aromatic carbocycles. The second-order valence-corrected chi connectivity index (χ2v) is 20.4. The number of nitrogens with one attached hydrogen (secondary N) is 1. The first-order valence-corrected chi connectivity index (χ1v) is 28.7. The third-order valence-electron chi connectivity index (χ3n) is 14.1. The maximum atomic E-state index is 13.2. The van der Waals surface area contributed by atoms with Crippen LogP contribution in [-0.4, -0.2) is 140 Å². The second-order valence-electron chi connectivity index (χ2n) is 20.4. The molecule has 416 valence electrons. The zero-order valence-electron chi connectivity index (χ0n) is 44.5. The minimum Gasteiger partial charge on any atom is -0.394 e. The summed E-state index contributed by atoms with van der Waals surface area (Å²) in [5.74, 6) is -0.251. The molecular formula is C57H105NO13. The maximum Gasteiger partial charge on any atom is 0.220 e. The summed E-state index contributed by atoms with van der Waals surface area (Å²) >= 11 is 0. The van der Waals surface area contributed by atoms with Crippen molar-refractivity contribution in [1.82, 2.24) is 5.32 Å². The number of allylic oxidation sites excluding steroid dienone is 5. The molecule has 0 spiro atoms. The number of rotatable bonds is 45. The first kappa shape index (κ1) is 65.3. The molecule has 9 N–H and O–H groups in total. The van der Waals surface area contributed by atoms with Gasteiger partial charge in [-0.2, -0.15) is 0 Å². The first-order chi connectivity index (χ1) is 34.6. The molecular weight excluding hydrogens is 907 g/mol. The van der Waals surface area contributed by atoms with Crippen molar-refractivity contribution in [3.05, 3.63) is 36.5 Å². The van der Waals surface area contributed by atoms with Crippen molar-refractivity contribution in [1.29, 1.82) is 0 Å². The molecule has 2 aliphatic rings. The van der Waals surface area contributed by atoms with Crippen molar-refractivity contribution < 1.29 is 64.6 Å². The van der Waals surface area contributed by atoms with Gasteiger partial charge >= 0.3 is 0 Å². The van der Waals surface area contributed by atoms with Crippen LogP contribution in [0.15, 0.2) is 36.5 Å². The Morgan fingerprint density at radius 1 is 0.493 bits per heavy atom. The van der Waals surface area contributed by atoms with Crippen LogP contribution in [-0.2, 0) is 23.7 Å². The summed E-state index contributed by atoms with van der Waals surface area (Å²) in [7, 11) is 0. The Morgan fingerprint density at radius 2 is 0.901 bits per heavy atom. The number of hydrogen-bond acceptors (Lipinski definition) is 13. The predicted molar refractivity (Wildman–Crippen MR) is 281 cm³/mol. The summed E-state index contributed by atoms with van der Waals surface area (Å²) < 4.78 is 22.7. The van der Waals surface area contributed by atoms with E-state index >= 15 is 0 Å². The molecule has 0 aromatic heterocycles. The van der Waals surface area contributed by atoms with E-state index in [-0.39, 0.29) is 18.9 Å². The lowest BCUT2D eigenvalue weighted by Gasteiger charge is -2.46. The van der Waals surface area contributed by atoms with E-state index in [0.717, 1.165) is 44.9 Å². The number of aliphatic hydroxyl groups is 8. The van der Waals surface area contributed by atoms with Gasteiger partial charge in [-0.1, -0.05) is 211 Å². The van der Waals surface area contributed by atoms with Gasteiger partial charge in [-0.3, -0.25) is 4.79 Å². The highest BCUT2D eigenvalue weighted by Gasteiger charge is 2.51. The predicted octanol–water partition coefficient (Wildman–Crippen LogP) is 9.05. The normalized spacial score (nSPS) is 26.0. The third-order valence-corrected chi connectivity index (χ3v) is 14.1. The van der Waals surface area contributed by atoms with Gasteiger partial charge in [0.2, 0.25) is 5.91 Å².